The first-order chi connectivity index (χ1) is 15.5. The molecule has 0 aromatic heterocycles. The number of carbonyl (C=O) groups is 3. The first-order valence-corrected chi connectivity index (χ1v) is 10.9. The first kappa shape index (κ1) is 23.4. The Bertz CT molecular complexity index is 959. The normalized spacial score (nSPS) is 13.3. The van der Waals surface area contributed by atoms with Crippen molar-refractivity contribution < 1.29 is 19.1 Å². The molecule has 0 spiro atoms. The maximum atomic E-state index is 12.3. The van der Waals surface area contributed by atoms with Crippen molar-refractivity contribution in [3.8, 4) is 5.75 Å². The lowest BCUT2D eigenvalue weighted by atomic mass is 10.1. The van der Waals surface area contributed by atoms with Crippen LogP contribution in [0.15, 0.2) is 42.5 Å². The van der Waals surface area contributed by atoms with Crippen LogP contribution in [0.2, 0.25) is 5.02 Å². The lowest BCUT2D eigenvalue weighted by Gasteiger charge is -2.12. The average molecular weight is 459 g/mol. The summed E-state index contributed by atoms with van der Waals surface area (Å²) < 4.78 is 5.18. The molecule has 1 fully saturated rings. The molecule has 0 atom stereocenters. The van der Waals surface area contributed by atoms with Gasteiger partial charge < -0.3 is 26.0 Å². The number of urea groups is 1. The van der Waals surface area contributed by atoms with Crippen LogP contribution in [0.3, 0.4) is 0 Å². The fourth-order valence-electron chi connectivity index (χ4n) is 3.54. The summed E-state index contributed by atoms with van der Waals surface area (Å²) in [5.74, 6) is 0.347. The molecule has 0 heterocycles. The van der Waals surface area contributed by atoms with Gasteiger partial charge in [-0.15, -0.1) is 0 Å². The van der Waals surface area contributed by atoms with E-state index in [1.54, 1.807) is 42.5 Å². The van der Waals surface area contributed by atoms with E-state index in [9.17, 15) is 14.4 Å². The van der Waals surface area contributed by atoms with Crippen molar-refractivity contribution >= 4 is 40.8 Å². The van der Waals surface area contributed by atoms with Crippen LogP contribution >= 0.6 is 11.6 Å². The second kappa shape index (κ2) is 11.4. The van der Waals surface area contributed by atoms with Crippen LogP contribution < -0.4 is 26.0 Å². The molecular formula is C23H27ClN4O4. The summed E-state index contributed by atoms with van der Waals surface area (Å²) in [5.41, 5.74) is 1.59. The zero-order valence-electron chi connectivity index (χ0n) is 17.9. The van der Waals surface area contributed by atoms with Gasteiger partial charge in [0.15, 0.2) is 0 Å². The molecule has 1 aliphatic carbocycles. The quantitative estimate of drug-likeness (QED) is 0.448. The Morgan fingerprint density at radius 3 is 2.34 bits per heavy atom. The topological polar surface area (TPSA) is 109 Å². The van der Waals surface area contributed by atoms with E-state index in [-0.39, 0.29) is 30.8 Å². The van der Waals surface area contributed by atoms with E-state index in [4.69, 9.17) is 16.3 Å². The molecule has 2 aromatic carbocycles. The summed E-state index contributed by atoms with van der Waals surface area (Å²) in [6, 6.07) is 11.2. The number of methoxy groups -OCH3 is 1. The smallest absolute Gasteiger partial charge is 0.319 e. The highest BCUT2D eigenvalue weighted by atomic mass is 35.5. The Morgan fingerprint density at radius 1 is 0.969 bits per heavy atom. The van der Waals surface area contributed by atoms with E-state index in [1.807, 2.05) is 0 Å². The van der Waals surface area contributed by atoms with Crippen LogP contribution in [0.1, 0.15) is 36.0 Å². The van der Waals surface area contributed by atoms with E-state index >= 15 is 0 Å². The van der Waals surface area contributed by atoms with Gasteiger partial charge in [-0.05, 0) is 55.3 Å². The predicted octanol–water partition coefficient (Wildman–Crippen LogP) is 4.03. The summed E-state index contributed by atoms with van der Waals surface area (Å²) in [6.07, 6.45) is 4.07. The summed E-state index contributed by atoms with van der Waals surface area (Å²) >= 11 is 5.95. The van der Waals surface area contributed by atoms with Crippen LogP contribution in [-0.2, 0) is 4.79 Å². The average Bonchev–Trinajstić information content (AvgIpc) is 3.32. The van der Waals surface area contributed by atoms with E-state index in [1.165, 1.54) is 7.11 Å². The van der Waals surface area contributed by atoms with Gasteiger partial charge in [0.05, 0.1) is 12.8 Å². The number of rotatable bonds is 8. The number of benzene rings is 2. The largest absolute Gasteiger partial charge is 0.495 e. The third-order valence-corrected chi connectivity index (χ3v) is 5.48. The number of halogens is 1. The highest BCUT2D eigenvalue weighted by Crippen LogP contribution is 2.27. The summed E-state index contributed by atoms with van der Waals surface area (Å²) in [5, 5.41) is 11.4. The van der Waals surface area contributed by atoms with E-state index in [2.05, 4.69) is 21.3 Å². The van der Waals surface area contributed by atoms with Crippen molar-refractivity contribution in [2.24, 2.45) is 5.92 Å². The van der Waals surface area contributed by atoms with E-state index in [0.29, 0.717) is 27.7 Å². The molecule has 4 N–H and O–H groups in total. The van der Waals surface area contributed by atoms with Crippen molar-refractivity contribution in [1.29, 1.82) is 0 Å². The van der Waals surface area contributed by atoms with Crippen LogP contribution in [0.4, 0.5) is 16.2 Å². The van der Waals surface area contributed by atoms with Crippen LogP contribution in [0.25, 0.3) is 0 Å². The van der Waals surface area contributed by atoms with Gasteiger partial charge in [0, 0.05) is 35.3 Å². The summed E-state index contributed by atoms with van der Waals surface area (Å²) in [4.78, 5) is 36.5. The number of anilines is 2. The zero-order chi connectivity index (χ0) is 22.9. The lowest BCUT2D eigenvalue weighted by Crippen LogP contribution is -2.36. The molecule has 2 aromatic rings. The van der Waals surface area contributed by atoms with Crippen molar-refractivity contribution in [2.45, 2.75) is 25.7 Å². The number of nitrogens with one attached hydrogen (secondary N) is 4. The van der Waals surface area contributed by atoms with Gasteiger partial charge in [0.2, 0.25) is 5.91 Å². The Hall–Kier alpha value is -3.26. The number of hydrogen-bond donors (Lipinski definition) is 4. The third-order valence-electron chi connectivity index (χ3n) is 5.25. The second-order valence-electron chi connectivity index (χ2n) is 7.53. The van der Waals surface area contributed by atoms with Gasteiger partial charge in [-0.1, -0.05) is 24.4 Å². The molecule has 32 heavy (non-hydrogen) atoms. The molecule has 4 amide bonds. The highest BCUT2D eigenvalue weighted by Gasteiger charge is 2.22. The molecule has 0 aliphatic heterocycles. The molecular weight excluding hydrogens is 432 g/mol. The number of ether oxygens (including phenoxy) is 1. The molecule has 0 bridgehead atoms. The monoisotopic (exact) mass is 458 g/mol. The maximum Gasteiger partial charge on any atom is 0.319 e. The lowest BCUT2D eigenvalue weighted by molar-refractivity contribution is -0.119. The van der Waals surface area contributed by atoms with E-state index < -0.39 is 6.03 Å². The SMILES string of the molecule is COc1ccc(Cl)cc1NC(=O)NCCNC(=O)c1ccc(NC(=O)C2CCCC2)cc1. The Balaban J connectivity index is 1.39. The van der Waals surface area contributed by atoms with Crippen LogP contribution in [0.5, 0.6) is 5.75 Å². The minimum absolute atomic E-state index is 0.0412. The number of amides is 4. The molecule has 0 radical (unpaired) electrons. The first-order valence-electron chi connectivity index (χ1n) is 10.5. The fourth-order valence-corrected chi connectivity index (χ4v) is 3.71. The Morgan fingerprint density at radius 2 is 1.66 bits per heavy atom. The van der Waals surface area contributed by atoms with E-state index in [0.717, 1.165) is 25.7 Å². The number of carbonyl (C=O) groups excluding carboxylic acids is 3. The molecule has 3 rings (SSSR count). The van der Waals surface area contributed by atoms with Crippen molar-refractivity contribution in [3.05, 3.63) is 53.1 Å². The Labute approximate surface area is 192 Å². The molecule has 0 saturated heterocycles. The Kier molecular flexibility index (Phi) is 8.33. The van der Waals surface area contributed by atoms with Crippen molar-refractivity contribution in [3.63, 3.8) is 0 Å². The number of hydrogen-bond acceptors (Lipinski definition) is 4. The molecule has 170 valence electrons. The maximum absolute atomic E-state index is 12.3. The molecule has 1 aliphatic rings. The molecule has 1 saturated carbocycles. The summed E-state index contributed by atoms with van der Waals surface area (Å²) in [7, 11) is 1.50. The van der Waals surface area contributed by atoms with Crippen LogP contribution in [0, 0.1) is 5.92 Å². The minimum atomic E-state index is -0.442. The van der Waals surface area contributed by atoms with Gasteiger partial charge in [0.25, 0.3) is 5.91 Å². The van der Waals surface area contributed by atoms with Crippen molar-refractivity contribution in [2.75, 3.05) is 30.8 Å². The van der Waals surface area contributed by atoms with Crippen LogP contribution in [-0.4, -0.2) is 38.0 Å². The summed E-state index contributed by atoms with van der Waals surface area (Å²) in [6.45, 7) is 0.481. The van der Waals surface area contributed by atoms with Gasteiger partial charge in [-0.3, -0.25) is 9.59 Å². The standard InChI is InChI=1S/C23H27ClN4O4/c1-32-20-11-8-17(24)14-19(20)28-23(31)26-13-12-25-21(29)16-6-9-18(10-7-16)27-22(30)15-4-2-3-5-15/h6-11,14-15H,2-5,12-13H2,1H3,(H,25,29)(H,27,30)(H2,26,28,31). The zero-order valence-corrected chi connectivity index (χ0v) is 18.6. The molecule has 8 nitrogen and oxygen atoms in total. The molecule has 9 heteroatoms. The predicted molar refractivity (Wildman–Crippen MR) is 124 cm³/mol. The fraction of sp³-hybridized carbons (Fsp3) is 0.348. The highest BCUT2D eigenvalue weighted by molar-refractivity contribution is 6.31. The van der Waals surface area contributed by atoms with Gasteiger partial charge >= 0.3 is 6.03 Å². The minimum Gasteiger partial charge on any atom is -0.495 e. The van der Waals surface area contributed by atoms with Gasteiger partial charge in [-0.25, -0.2) is 4.79 Å². The van der Waals surface area contributed by atoms with Gasteiger partial charge in [0.1, 0.15) is 5.75 Å². The van der Waals surface area contributed by atoms with Crippen molar-refractivity contribution in [1.82, 2.24) is 10.6 Å². The van der Waals surface area contributed by atoms with Gasteiger partial charge in [-0.2, -0.15) is 0 Å². The third kappa shape index (κ3) is 6.62. The second-order valence-corrected chi connectivity index (χ2v) is 7.97. The molecule has 0 unspecified atom stereocenters.